The van der Waals surface area contributed by atoms with Crippen LogP contribution in [0.2, 0.25) is 5.02 Å². The summed E-state index contributed by atoms with van der Waals surface area (Å²) < 4.78 is 18.8. The number of benzene rings is 1. The minimum absolute atomic E-state index is 0.0613. The maximum absolute atomic E-state index is 13.3. The second-order valence-electron chi connectivity index (χ2n) is 4.06. The summed E-state index contributed by atoms with van der Waals surface area (Å²) in [5.41, 5.74) is -0.306. The lowest BCUT2D eigenvalue weighted by molar-refractivity contribution is -0.386. The molecular formula is C11H12ClFN2O3. The lowest BCUT2D eigenvalue weighted by atomic mass is 10.1. The van der Waals surface area contributed by atoms with Gasteiger partial charge in [0.05, 0.1) is 9.95 Å². The number of nitrogens with zero attached hydrogens (tertiary/aromatic N) is 1. The molecule has 1 aromatic rings. The summed E-state index contributed by atoms with van der Waals surface area (Å²) in [6.07, 6.45) is 1.34. The highest BCUT2D eigenvalue weighted by atomic mass is 35.5. The molecule has 1 fully saturated rings. The zero-order valence-corrected chi connectivity index (χ0v) is 10.2. The third-order valence-corrected chi connectivity index (χ3v) is 3.07. The number of rotatable bonds is 3. The Hall–Kier alpha value is -1.40. The van der Waals surface area contributed by atoms with E-state index in [0.29, 0.717) is 0 Å². The first kappa shape index (κ1) is 13.0. The van der Waals surface area contributed by atoms with E-state index in [1.54, 1.807) is 0 Å². The maximum Gasteiger partial charge on any atom is 0.312 e. The van der Waals surface area contributed by atoms with Gasteiger partial charge in [0, 0.05) is 12.1 Å². The first-order valence-corrected chi connectivity index (χ1v) is 5.96. The lowest BCUT2D eigenvalue weighted by Crippen LogP contribution is -2.34. The SMILES string of the molecule is O=[N+]([O-])c1cc(Cl)c(F)cc1OC1CCNCC1. The fourth-order valence-electron chi connectivity index (χ4n) is 1.85. The van der Waals surface area contributed by atoms with Gasteiger partial charge in [0.1, 0.15) is 11.9 Å². The van der Waals surface area contributed by atoms with Crippen molar-refractivity contribution in [3.63, 3.8) is 0 Å². The van der Waals surface area contributed by atoms with Crippen molar-refractivity contribution in [2.75, 3.05) is 13.1 Å². The van der Waals surface area contributed by atoms with Gasteiger partial charge in [0.25, 0.3) is 0 Å². The number of nitrogens with one attached hydrogen (secondary N) is 1. The molecule has 1 saturated heterocycles. The molecule has 1 aliphatic heterocycles. The van der Waals surface area contributed by atoms with Crippen LogP contribution in [0.5, 0.6) is 5.75 Å². The Morgan fingerprint density at radius 2 is 2.11 bits per heavy atom. The molecule has 5 nitrogen and oxygen atoms in total. The van der Waals surface area contributed by atoms with Crippen molar-refractivity contribution in [1.29, 1.82) is 0 Å². The van der Waals surface area contributed by atoms with Gasteiger partial charge >= 0.3 is 5.69 Å². The van der Waals surface area contributed by atoms with Crippen LogP contribution in [-0.2, 0) is 0 Å². The van der Waals surface area contributed by atoms with Crippen LogP contribution in [0.3, 0.4) is 0 Å². The zero-order chi connectivity index (χ0) is 13.1. The molecule has 0 atom stereocenters. The average molecular weight is 275 g/mol. The summed E-state index contributed by atoms with van der Waals surface area (Å²) >= 11 is 5.53. The van der Waals surface area contributed by atoms with Gasteiger partial charge in [-0.25, -0.2) is 4.39 Å². The van der Waals surface area contributed by atoms with E-state index in [1.807, 2.05) is 0 Å². The van der Waals surface area contributed by atoms with Crippen LogP contribution in [-0.4, -0.2) is 24.1 Å². The molecule has 1 aliphatic rings. The van der Waals surface area contributed by atoms with Gasteiger partial charge in [-0.05, 0) is 25.9 Å². The number of halogens is 2. The molecule has 0 aromatic heterocycles. The van der Waals surface area contributed by atoms with Gasteiger partial charge in [-0.2, -0.15) is 0 Å². The monoisotopic (exact) mass is 274 g/mol. The van der Waals surface area contributed by atoms with Crippen molar-refractivity contribution in [2.45, 2.75) is 18.9 Å². The molecule has 0 radical (unpaired) electrons. The number of ether oxygens (including phenoxy) is 1. The molecule has 0 bridgehead atoms. The van der Waals surface area contributed by atoms with Gasteiger partial charge in [0.15, 0.2) is 5.75 Å². The van der Waals surface area contributed by atoms with E-state index in [1.165, 1.54) is 0 Å². The van der Waals surface area contributed by atoms with Crippen LogP contribution < -0.4 is 10.1 Å². The van der Waals surface area contributed by atoms with Crippen LogP contribution in [0.15, 0.2) is 12.1 Å². The second kappa shape index (κ2) is 5.49. The number of hydrogen-bond donors (Lipinski definition) is 1. The van der Waals surface area contributed by atoms with Crippen LogP contribution in [0, 0.1) is 15.9 Å². The Morgan fingerprint density at radius 1 is 1.44 bits per heavy atom. The zero-order valence-electron chi connectivity index (χ0n) is 9.49. The first-order valence-electron chi connectivity index (χ1n) is 5.58. The molecular weight excluding hydrogens is 263 g/mol. The molecule has 18 heavy (non-hydrogen) atoms. The van der Waals surface area contributed by atoms with E-state index < -0.39 is 10.7 Å². The van der Waals surface area contributed by atoms with Crippen LogP contribution in [0.25, 0.3) is 0 Å². The van der Waals surface area contributed by atoms with Gasteiger partial charge < -0.3 is 10.1 Å². The van der Waals surface area contributed by atoms with Crippen molar-refractivity contribution in [3.05, 3.63) is 33.1 Å². The molecule has 2 rings (SSSR count). The van der Waals surface area contributed by atoms with Crippen molar-refractivity contribution in [1.82, 2.24) is 5.32 Å². The summed E-state index contributed by atoms with van der Waals surface area (Å²) in [4.78, 5) is 10.2. The van der Waals surface area contributed by atoms with Crippen LogP contribution in [0.4, 0.5) is 10.1 Å². The molecule has 1 heterocycles. The van der Waals surface area contributed by atoms with E-state index in [9.17, 15) is 14.5 Å². The molecule has 98 valence electrons. The predicted molar refractivity (Wildman–Crippen MR) is 64.6 cm³/mol. The Kier molecular flexibility index (Phi) is 3.98. The lowest BCUT2D eigenvalue weighted by Gasteiger charge is -2.23. The summed E-state index contributed by atoms with van der Waals surface area (Å²) in [6.45, 7) is 1.57. The Balaban J connectivity index is 2.24. The molecule has 7 heteroatoms. The summed E-state index contributed by atoms with van der Waals surface area (Å²) in [5, 5.41) is 13.7. The fourth-order valence-corrected chi connectivity index (χ4v) is 2.01. The minimum atomic E-state index is -0.716. The topological polar surface area (TPSA) is 64.4 Å². The quantitative estimate of drug-likeness (QED) is 0.679. The van der Waals surface area contributed by atoms with Crippen LogP contribution in [0.1, 0.15) is 12.8 Å². The minimum Gasteiger partial charge on any atom is -0.483 e. The predicted octanol–water partition coefficient (Wildman–Crippen LogP) is 2.52. The summed E-state index contributed by atoms with van der Waals surface area (Å²) in [6, 6.07) is 1.95. The maximum atomic E-state index is 13.3. The Bertz CT molecular complexity index is 464. The molecule has 1 N–H and O–H groups in total. The third-order valence-electron chi connectivity index (χ3n) is 2.78. The molecule has 0 aliphatic carbocycles. The van der Waals surface area contributed by atoms with E-state index >= 15 is 0 Å². The highest BCUT2D eigenvalue weighted by molar-refractivity contribution is 6.31. The van der Waals surface area contributed by atoms with Gasteiger partial charge in [-0.1, -0.05) is 11.6 Å². The smallest absolute Gasteiger partial charge is 0.312 e. The second-order valence-corrected chi connectivity index (χ2v) is 4.47. The number of nitro benzene ring substituents is 1. The van der Waals surface area contributed by atoms with E-state index in [2.05, 4.69) is 5.32 Å². The molecule has 0 amide bonds. The third kappa shape index (κ3) is 2.88. The van der Waals surface area contributed by atoms with Crippen LogP contribution >= 0.6 is 11.6 Å². The Morgan fingerprint density at radius 3 is 2.72 bits per heavy atom. The van der Waals surface area contributed by atoms with Crippen molar-refractivity contribution in [3.8, 4) is 5.75 Å². The number of piperidine rings is 1. The molecule has 0 unspecified atom stereocenters. The highest BCUT2D eigenvalue weighted by Gasteiger charge is 2.23. The van der Waals surface area contributed by atoms with Crippen molar-refractivity contribution >= 4 is 17.3 Å². The normalized spacial score (nSPS) is 16.6. The summed E-state index contributed by atoms with van der Waals surface area (Å²) in [5.74, 6) is -0.778. The largest absolute Gasteiger partial charge is 0.483 e. The Labute approximate surface area is 108 Å². The average Bonchev–Trinajstić information content (AvgIpc) is 2.34. The van der Waals surface area contributed by atoms with Crippen molar-refractivity contribution < 1.29 is 14.1 Å². The van der Waals surface area contributed by atoms with Crippen molar-refractivity contribution in [2.24, 2.45) is 0 Å². The molecule has 0 spiro atoms. The molecule has 1 aromatic carbocycles. The highest BCUT2D eigenvalue weighted by Crippen LogP contribution is 2.33. The standard InChI is InChI=1S/C11H12ClFN2O3/c12-8-5-10(15(16)17)11(6-9(8)13)18-7-1-3-14-4-2-7/h5-7,14H,1-4H2. The number of nitro groups is 1. The molecule has 0 saturated carbocycles. The van der Waals surface area contributed by atoms with E-state index in [-0.39, 0.29) is 22.6 Å². The van der Waals surface area contributed by atoms with Gasteiger partial charge in [-0.15, -0.1) is 0 Å². The van der Waals surface area contributed by atoms with E-state index in [0.717, 1.165) is 38.1 Å². The number of hydrogen-bond acceptors (Lipinski definition) is 4. The van der Waals surface area contributed by atoms with Gasteiger partial charge in [0.2, 0.25) is 0 Å². The first-order chi connectivity index (χ1) is 8.58. The van der Waals surface area contributed by atoms with Gasteiger partial charge in [-0.3, -0.25) is 10.1 Å². The van der Waals surface area contributed by atoms with E-state index in [4.69, 9.17) is 16.3 Å². The summed E-state index contributed by atoms with van der Waals surface area (Å²) in [7, 11) is 0. The fraction of sp³-hybridized carbons (Fsp3) is 0.455.